The average Bonchev–Trinajstić information content (AvgIpc) is 2.74. The Morgan fingerprint density at radius 2 is 1.75 bits per heavy atom. The van der Waals surface area contributed by atoms with E-state index >= 15 is 0 Å². The molecule has 1 fully saturated rings. The van der Waals surface area contributed by atoms with E-state index in [9.17, 15) is 19.2 Å². The van der Waals surface area contributed by atoms with Crippen LogP contribution in [-0.4, -0.2) is 52.7 Å². The average molecular weight is 392 g/mol. The Morgan fingerprint density at radius 1 is 1.07 bits per heavy atom. The summed E-state index contributed by atoms with van der Waals surface area (Å²) in [6.07, 6.45) is 2.33. The Kier molecular flexibility index (Phi) is 7.57. The number of ether oxygens (including phenoxy) is 3. The third-order valence-electron chi connectivity index (χ3n) is 3.72. The number of nitrogens with one attached hydrogen (secondary N) is 1. The number of carbonyl (C=O) groups is 2. The first-order chi connectivity index (χ1) is 13.5. The van der Waals surface area contributed by atoms with Crippen LogP contribution >= 0.6 is 0 Å². The second kappa shape index (κ2) is 10.1. The maximum absolute atomic E-state index is 11.6. The van der Waals surface area contributed by atoms with Crippen LogP contribution in [0.15, 0.2) is 33.9 Å². The highest BCUT2D eigenvalue weighted by Crippen LogP contribution is 2.19. The minimum atomic E-state index is -0.568. The van der Waals surface area contributed by atoms with Crippen LogP contribution in [0.4, 0.5) is 0 Å². The van der Waals surface area contributed by atoms with E-state index in [0.717, 1.165) is 19.3 Å². The lowest BCUT2D eigenvalue weighted by Crippen LogP contribution is -2.31. The van der Waals surface area contributed by atoms with Crippen molar-refractivity contribution in [2.75, 3.05) is 20.8 Å². The fraction of sp³-hybridized carbons (Fsp3) is 0.412. The van der Waals surface area contributed by atoms with Crippen molar-refractivity contribution in [2.24, 2.45) is 0 Å². The van der Waals surface area contributed by atoms with Gasteiger partial charge in [0, 0.05) is 18.7 Å². The molecule has 1 unspecified atom stereocenters. The zero-order valence-electron chi connectivity index (χ0n) is 15.4. The van der Waals surface area contributed by atoms with Gasteiger partial charge in [0.1, 0.15) is 0 Å². The number of rotatable bonds is 3. The lowest BCUT2D eigenvalue weighted by Gasteiger charge is -2.23. The van der Waals surface area contributed by atoms with Crippen LogP contribution in [0.25, 0.3) is 0 Å². The molecule has 1 N–H and O–H groups in total. The van der Waals surface area contributed by atoms with E-state index in [-0.39, 0.29) is 28.7 Å². The molecule has 0 amide bonds. The molecule has 1 aliphatic rings. The Labute approximate surface area is 159 Å². The number of aromatic amines is 1. The molecule has 2 aromatic rings. The van der Waals surface area contributed by atoms with Gasteiger partial charge in [-0.1, -0.05) is 0 Å². The number of hydrogen-bond acceptors (Lipinski definition) is 9. The predicted octanol–water partition coefficient (Wildman–Crippen LogP) is 0.285. The molecule has 0 saturated carbocycles. The molecular formula is C17H20N4O7. The number of hydrogen-bond donors (Lipinski definition) is 1. The van der Waals surface area contributed by atoms with Crippen molar-refractivity contribution in [1.29, 1.82) is 0 Å². The molecule has 0 radical (unpaired) electrons. The SMILES string of the molecule is COC(=O)c1ccc(=O)[nH]n1.COC(=O)c1ccc(=O)n(C2CCCCO2)n1. The van der Waals surface area contributed by atoms with Gasteiger partial charge < -0.3 is 14.2 Å². The van der Waals surface area contributed by atoms with Crippen molar-refractivity contribution in [3.63, 3.8) is 0 Å². The highest BCUT2D eigenvalue weighted by molar-refractivity contribution is 5.87. The van der Waals surface area contributed by atoms with Crippen molar-refractivity contribution < 1.29 is 23.8 Å². The number of nitrogens with zero attached hydrogens (tertiary/aromatic N) is 3. The highest BCUT2D eigenvalue weighted by Gasteiger charge is 2.19. The van der Waals surface area contributed by atoms with Crippen LogP contribution in [0.5, 0.6) is 0 Å². The quantitative estimate of drug-likeness (QED) is 0.729. The first-order valence-corrected chi connectivity index (χ1v) is 8.40. The van der Waals surface area contributed by atoms with E-state index in [0.29, 0.717) is 6.61 Å². The summed E-state index contributed by atoms with van der Waals surface area (Å²) >= 11 is 0. The van der Waals surface area contributed by atoms with Crippen LogP contribution < -0.4 is 11.1 Å². The highest BCUT2D eigenvalue weighted by atomic mass is 16.5. The third-order valence-corrected chi connectivity index (χ3v) is 3.72. The summed E-state index contributed by atoms with van der Waals surface area (Å²) in [4.78, 5) is 44.1. The number of esters is 2. The van der Waals surface area contributed by atoms with Crippen molar-refractivity contribution in [3.8, 4) is 0 Å². The zero-order valence-corrected chi connectivity index (χ0v) is 15.4. The van der Waals surface area contributed by atoms with Crippen LogP contribution in [0.3, 0.4) is 0 Å². The zero-order chi connectivity index (χ0) is 20.5. The van der Waals surface area contributed by atoms with Gasteiger partial charge in [0.05, 0.1) is 14.2 Å². The van der Waals surface area contributed by atoms with Crippen molar-refractivity contribution >= 4 is 11.9 Å². The smallest absolute Gasteiger partial charge is 0.358 e. The minimum Gasteiger partial charge on any atom is -0.464 e. The molecule has 0 spiro atoms. The Hall–Kier alpha value is -3.34. The lowest BCUT2D eigenvalue weighted by molar-refractivity contribution is -0.0428. The molecule has 3 heterocycles. The molecular weight excluding hydrogens is 372 g/mol. The van der Waals surface area contributed by atoms with Gasteiger partial charge in [-0.3, -0.25) is 9.59 Å². The molecule has 0 aromatic carbocycles. The standard InChI is InChI=1S/C11H14N2O4.C6H6N2O3/c1-16-11(15)8-5-6-9(14)13(12-8)10-4-2-3-7-17-10;1-11-6(10)4-2-3-5(9)8-7-4/h5-6,10H,2-4,7H2,1H3;2-3H,1H3,(H,8,9). The van der Waals surface area contributed by atoms with Gasteiger partial charge in [-0.15, -0.1) is 0 Å². The first kappa shape index (κ1) is 21.0. The molecule has 1 atom stereocenters. The summed E-state index contributed by atoms with van der Waals surface area (Å²) in [5.74, 6) is -1.13. The Bertz CT molecular complexity index is 911. The first-order valence-electron chi connectivity index (χ1n) is 8.40. The fourth-order valence-electron chi connectivity index (χ4n) is 2.32. The number of carbonyl (C=O) groups excluding carboxylic acids is 2. The van der Waals surface area contributed by atoms with Crippen LogP contribution in [0, 0.1) is 0 Å². The number of methoxy groups -OCH3 is 2. The van der Waals surface area contributed by atoms with Gasteiger partial charge in [0.15, 0.2) is 17.6 Å². The Morgan fingerprint density at radius 3 is 2.32 bits per heavy atom. The Balaban J connectivity index is 0.000000221. The third kappa shape index (κ3) is 5.58. The van der Waals surface area contributed by atoms with E-state index in [1.165, 1.54) is 43.2 Å². The maximum atomic E-state index is 11.6. The van der Waals surface area contributed by atoms with Gasteiger partial charge in [-0.25, -0.2) is 19.4 Å². The van der Waals surface area contributed by atoms with Gasteiger partial charge in [-0.2, -0.15) is 10.2 Å². The summed E-state index contributed by atoms with van der Waals surface area (Å²) in [5.41, 5.74) is -0.421. The van der Waals surface area contributed by atoms with Crippen molar-refractivity contribution in [1.82, 2.24) is 20.0 Å². The molecule has 150 valence electrons. The molecule has 11 heteroatoms. The molecule has 1 aliphatic heterocycles. The molecule has 3 rings (SSSR count). The number of aromatic nitrogens is 4. The molecule has 0 aliphatic carbocycles. The fourth-order valence-corrected chi connectivity index (χ4v) is 2.32. The largest absolute Gasteiger partial charge is 0.464 e. The van der Waals surface area contributed by atoms with Crippen LogP contribution in [0.1, 0.15) is 46.5 Å². The van der Waals surface area contributed by atoms with Crippen LogP contribution in [0.2, 0.25) is 0 Å². The van der Waals surface area contributed by atoms with E-state index in [4.69, 9.17) is 4.74 Å². The minimum absolute atomic E-state index is 0.0899. The van der Waals surface area contributed by atoms with Crippen LogP contribution in [-0.2, 0) is 14.2 Å². The number of H-pyrrole nitrogens is 1. The van der Waals surface area contributed by atoms with Gasteiger partial charge in [0.25, 0.3) is 11.1 Å². The van der Waals surface area contributed by atoms with Gasteiger partial charge in [0.2, 0.25) is 0 Å². The summed E-state index contributed by atoms with van der Waals surface area (Å²) in [6.45, 7) is 0.612. The van der Waals surface area contributed by atoms with E-state index in [2.05, 4.69) is 24.8 Å². The summed E-state index contributed by atoms with van der Waals surface area (Å²) in [5, 5.41) is 9.52. The maximum Gasteiger partial charge on any atom is 0.358 e. The summed E-state index contributed by atoms with van der Waals surface area (Å²) in [6, 6.07) is 5.16. The molecule has 11 nitrogen and oxygen atoms in total. The lowest BCUT2D eigenvalue weighted by atomic mass is 10.2. The summed E-state index contributed by atoms with van der Waals surface area (Å²) < 4.78 is 15.6. The molecule has 28 heavy (non-hydrogen) atoms. The second-order valence-corrected chi connectivity index (χ2v) is 5.61. The molecule has 1 saturated heterocycles. The van der Waals surface area contributed by atoms with E-state index in [1.54, 1.807) is 0 Å². The predicted molar refractivity (Wildman–Crippen MR) is 94.9 cm³/mol. The van der Waals surface area contributed by atoms with Gasteiger partial charge >= 0.3 is 11.9 Å². The van der Waals surface area contributed by atoms with E-state index in [1.807, 2.05) is 0 Å². The van der Waals surface area contributed by atoms with Gasteiger partial charge in [-0.05, 0) is 31.4 Å². The topological polar surface area (TPSA) is 142 Å². The van der Waals surface area contributed by atoms with Crippen molar-refractivity contribution in [2.45, 2.75) is 25.5 Å². The molecule has 2 aromatic heterocycles. The molecule has 0 bridgehead atoms. The second-order valence-electron chi connectivity index (χ2n) is 5.61. The monoisotopic (exact) mass is 392 g/mol. The van der Waals surface area contributed by atoms with Crippen molar-refractivity contribution in [3.05, 3.63) is 56.4 Å². The summed E-state index contributed by atoms with van der Waals surface area (Å²) in [7, 11) is 2.52. The van der Waals surface area contributed by atoms with E-state index < -0.39 is 11.9 Å². The normalized spacial score (nSPS) is 15.7.